The second kappa shape index (κ2) is 9.33. The van der Waals surface area contributed by atoms with Gasteiger partial charge in [0, 0.05) is 40.2 Å². The van der Waals surface area contributed by atoms with Crippen LogP contribution in [0, 0.1) is 13.8 Å². The summed E-state index contributed by atoms with van der Waals surface area (Å²) in [6, 6.07) is 7.24. The number of likely N-dealkylation sites (tertiary alicyclic amines) is 1. The molecule has 32 heavy (non-hydrogen) atoms. The van der Waals surface area contributed by atoms with Gasteiger partial charge in [-0.25, -0.2) is 0 Å². The van der Waals surface area contributed by atoms with Gasteiger partial charge in [-0.15, -0.1) is 0 Å². The minimum Gasteiger partial charge on any atom is -0.341 e. The standard InChI is InChI=1S/C23H23Cl2N3O3S/c1-14-8-16(15(2)28(14)19-11-17(24)10-18(25)12-19)9-20-22(30)27(23(31)32-20)13-21(29)26-6-4-3-5-7-26/h8-12H,3-7,13H2,1-2H3/b20-9-. The van der Waals surface area contributed by atoms with E-state index in [4.69, 9.17) is 23.2 Å². The lowest BCUT2D eigenvalue weighted by Gasteiger charge is -2.27. The molecule has 0 spiro atoms. The molecule has 0 saturated carbocycles. The van der Waals surface area contributed by atoms with Crippen molar-refractivity contribution >= 4 is 58.1 Å². The van der Waals surface area contributed by atoms with Crippen LogP contribution in [0.15, 0.2) is 29.2 Å². The van der Waals surface area contributed by atoms with Crippen LogP contribution in [0.3, 0.4) is 0 Å². The van der Waals surface area contributed by atoms with E-state index in [-0.39, 0.29) is 12.5 Å². The molecule has 0 unspecified atom stereocenters. The van der Waals surface area contributed by atoms with Gasteiger partial charge in [0.2, 0.25) is 5.91 Å². The molecule has 2 saturated heterocycles. The molecule has 2 fully saturated rings. The number of benzene rings is 1. The number of halogens is 2. The van der Waals surface area contributed by atoms with E-state index in [0.717, 1.165) is 58.6 Å². The molecule has 0 radical (unpaired) electrons. The van der Waals surface area contributed by atoms with Crippen molar-refractivity contribution in [2.75, 3.05) is 19.6 Å². The Hall–Kier alpha value is -2.22. The summed E-state index contributed by atoms with van der Waals surface area (Å²) < 4.78 is 1.99. The third-order valence-electron chi connectivity index (χ3n) is 5.74. The van der Waals surface area contributed by atoms with Crippen LogP contribution in [0.5, 0.6) is 0 Å². The number of rotatable bonds is 4. The van der Waals surface area contributed by atoms with E-state index in [1.165, 1.54) is 0 Å². The first kappa shape index (κ1) is 23.0. The third-order valence-corrected chi connectivity index (χ3v) is 7.08. The molecular formula is C23H23Cl2N3O3S. The molecule has 168 valence electrons. The van der Waals surface area contributed by atoms with Crippen molar-refractivity contribution in [1.29, 1.82) is 0 Å². The molecule has 3 amide bonds. The minimum absolute atomic E-state index is 0.177. The molecular weight excluding hydrogens is 469 g/mol. The Morgan fingerprint density at radius 2 is 1.69 bits per heavy atom. The number of aromatic nitrogens is 1. The number of thioether (sulfide) groups is 1. The highest BCUT2D eigenvalue weighted by molar-refractivity contribution is 8.18. The molecule has 0 aliphatic carbocycles. The summed E-state index contributed by atoms with van der Waals surface area (Å²) in [5.41, 5.74) is 3.45. The molecule has 1 aromatic carbocycles. The number of hydrogen-bond donors (Lipinski definition) is 0. The number of nitrogens with zero attached hydrogens (tertiary/aromatic N) is 3. The zero-order valence-electron chi connectivity index (χ0n) is 17.9. The highest BCUT2D eigenvalue weighted by Crippen LogP contribution is 2.34. The van der Waals surface area contributed by atoms with Gasteiger partial charge >= 0.3 is 0 Å². The fourth-order valence-corrected chi connectivity index (χ4v) is 5.50. The van der Waals surface area contributed by atoms with Crippen LogP contribution in [0.2, 0.25) is 10.0 Å². The van der Waals surface area contributed by atoms with Gasteiger partial charge in [0.25, 0.3) is 11.1 Å². The van der Waals surface area contributed by atoms with Gasteiger partial charge in [0.1, 0.15) is 6.54 Å². The number of carbonyl (C=O) groups is 3. The number of hydrogen-bond acceptors (Lipinski definition) is 4. The summed E-state index contributed by atoms with van der Waals surface area (Å²) in [5.74, 6) is -0.606. The molecule has 2 aliphatic heterocycles. The van der Waals surface area contributed by atoms with Crippen molar-refractivity contribution in [3.63, 3.8) is 0 Å². The molecule has 9 heteroatoms. The maximum absolute atomic E-state index is 12.9. The highest BCUT2D eigenvalue weighted by atomic mass is 35.5. The largest absolute Gasteiger partial charge is 0.341 e. The predicted octanol–water partition coefficient (Wildman–Crippen LogP) is 5.45. The Morgan fingerprint density at radius 1 is 1.03 bits per heavy atom. The maximum atomic E-state index is 12.9. The summed E-state index contributed by atoms with van der Waals surface area (Å²) in [7, 11) is 0. The average Bonchev–Trinajstić information content (AvgIpc) is 3.17. The Labute approximate surface area is 201 Å². The predicted molar refractivity (Wildman–Crippen MR) is 128 cm³/mol. The van der Waals surface area contributed by atoms with Crippen molar-refractivity contribution < 1.29 is 14.4 Å². The lowest BCUT2D eigenvalue weighted by Crippen LogP contribution is -2.44. The number of amides is 3. The second-order valence-corrected chi connectivity index (χ2v) is 9.86. The number of imide groups is 1. The number of carbonyl (C=O) groups excluding carboxylic acids is 3. The quantitative estimate of drug-likeness (QED) is 0.533. The van der Waals surface area contributed by atoms with E-state index in [9.17, 15) is 14.4 Å². The molecule has 0 atom stereocenters. The van der Waals surface area contributed by atoms with Crippen LogP contribution in [-0.2, 0) is 9.59 Å². The van der Waals surface area contributed by atoms with Gasteiger partial charge in [-0.1, -0.05) is 23.2 Å². The maximum Gasteiger partial charge on any atom is 0.294 e. The summed E-state index contributed by atoms with van der Waals surface area (Å²) in [6.45, 7) is 5.04. The summed E-state index contributed by atoms with van der Waals surface area (Å²) in [4.78, 5) is 41.0. The first-order chi connectivity index (χ1) is 15.2. The SMILES string of the molecule is Cc1cc(/C=C2\SC(=O)N(CC(=O)N3CCCCC3)C2=O)c(C)n1-c1cc(Cl)cc(Cl)c1. The molecule has 6 nitrogen and oxygen atoms in total. The van der Waals surface area contributed by atoms with Gasteiger partial charge < -0.3 is 9.47 Å². The Bertz CT molecular complexity index is 1120. The normalized spacial score (nSPS) is 18.2. The molecule has 0 N–H and O–H groups in total. The van der Waals surface area contributed by atoms with Crippen LogP contribution in [0.4, 0.5) is 4.79 Å². The van der Waals surface area contributed by atoms with Crippen molar-refractivity contribution in [1.82, 2.24) is 14.4 Å². The van der Waals surface area contributed by atoms with Gasteiger partial charge in [-0.05, 0) is 80.8 Å². The molecule has 1 aromatic heterocycles. The Balaban J connectivity index is 1.57. The van der Waals surface area contributed by atoms with Gasteiger partial charge in [0.05, 0.1) is 4.91 Å². The summed E-state index contributed by atoms with van der Waals surface area (Å²) in [6.07, 6.45) is 4.73. The molecule has 4 rings (SSSR count). The Kier molecular flexibility index (Phi) is 6.70. The average molecular weight is 492 g/mol. The van der Waals surface area contributed by atoms with E-state index in [1.807, 2.05) is 36.6 Å². The lowest BCUT2D eigenvalue weighted by atomic mass is 10.1. The molecule has 0 bridgehead atoms. The summed E-state index contributed by atoms with van der Waals surface area (Å²) >= 11 is 13.2. The number of aryl methyl sites for hydroxylation is 1. The van der Waals surface area contributed by atoms with Crippen LogP contribution in [-0.4, -0.2) is 51.1 Å². The van der Waals surface area contributed by atoms with Gasteiger partial charge in [-0.2, -0.15) is 0 Å². The van der Waals surface area contributed by atoms with E-state index in [2.05, 4.69) is 0 Å². The zero-order chi connectivity index (χ0) is 23.0. The summed E-state index contributed by atoms with van der Waals surface area (Å²) in [5, 5.41) is 0.643. The molecule has 2 aromatic rings. The first-order valence-electron chi connectivity index (χ1n) is 10.4. The van der Waals surface area contributed by atoms with E-state index < -0.39 is 11.1 Å². The Morgan fingerprint density at radius 3 is 2.34 bits per heavy atom. The fraction of sp³-hybridized carbons (Fsp3) is 0.348. The monoisotopic (exact) mass is 491 g/mol. The molecule has 3 heterocycles. The van der Waals surface area contributed by atoms with Crippen molar-refractivity contribution in [2.24, 2.45) is 0 Å². The highest BCUT2D eigenvalue weighted by Gasteiger charge is 2.37. The van der Waals surface area contributed by atoms with E-state index in [0.29, 0.717) is 28.0 Å². The number of piperidine rings is 1. The van der Waals surface area contributed by atoms with Gasteiger partial charge in [-0.3, -0.25) is 19.3 Å². The minimum atomic E-state index is -0.430. The van der Waals surface area contributed by atoms with Crippen molar-refractivity contribution in [3.8, 4) is 5.69 Å². The van der Waals surface area contributed by atoms with Crippen molar-refractivity contribution in [3.05, 3.63) is 56.2 Å². The van der Waals surface area contributed by atoms with Gasteiger partial charge in [0.15, 0.2) is 0 Å². The van der Waals surface area contributed by atoms with Crippen LogP contribution >= 0.6 is 35.0 Å². The van der Waals surface area contributed by atoms with E-state index in [1.54, 1.807) is 17.0 Å². The van der Waals surface area contributed by atoms with E-state index >= 15 is 0 Å². The van der Waals surface area contributed by atoms with Crippen LogP contribution in [0.25, 0.3) is 11.8 Å². The second-order valence-electron chi connectivity index (χ2n) is 8.00. The van der Waals surface area contributed by atoms with Crippen molar-refractivity contribution in [2.45, 2.75) is 33.1 Å². The first-order valence-corrected chi connectivity index (χ1v) is 12.0. The van der Waals surface area contributed by atoms with Crippen LogP contribution < -0.4 is 0 Å². The van der Waals surface area contributed by atoms with Crippen LogP contribution in [0.1, 0.15) is 36.2 Å². The molecule has 2 aliphatic rings. The third kappa shape index (κ3) is 4.60. The fourth-order valence-electron chi connectivity index (χ4n) is 4.16. The lowest BCUT2D eigenvalue weighted by molar-refractivity contribution is -0.136. The topological polar surface area (TPSA) is 62.6 Å². The zero-order valence-corrected chi connectivity index (χ0v) is 20.2. The smallest absolute Gasteiger partial charge is 0.294 e.